The molecular formula is C18H17NO4. The summed E-state index contributed by atoms with van der Waals surface area (Å²) in [5.41, 5.74) is 2.11. The van der Waals surface area contributed by atoms with Crippen molar-refractivity contribution in [3.8, 4) is 0 Å². The maximum atomic E-state index is 12.2. The smallest absolute Gasteiger partial charge is 0.337 e. The first kappa shape index (κ1) is 15.2. The average Bonchev–Trinajstić information content (AvgIpc) is 2.81. The Morgan fingerprint density at radius 2 is 1.83 bits per heavy atom. The van der Waals surface area contributed by atoms with Crippen LogP contribution in [0.2, 0.25) is 0 Å². The zero-order valence-corrected chi connectivity index (χ0v) is 13.2. The van der Waals surface area contributed by atoms with Gasteiger partial charge in [-0.3, -0.25) is 14.9 Å². The van der Waals surface area contributed by atoms with Gasteiger partial charge in [-0.1, -0.05) is 26.0 Å². The molecule has 2 aromatic rings. The average molecular weight is 311 g/mol. The third-order valence-electron chi connectivity index (χ3n) is 3.95. The number of benzene rings is 2. The number of hydrogen-bond donors (Lipinski definition) is 1. The van der Waals surface area contributed by atoms with Crippen LogP contribution in [-0.2, 0) is 11.2 Å². The fourth-order valence-electron chi connectivity index (χ4n) is 3.03. The number of esters is 1. The Balaban J connectivity index is 2.30. The van der Waals surface area contributed by atoms with E-state index in [4.69, 9.17) is 4.74 Å². The topological polar surface area (TPSA) is 72.5 Å². The van der Waals surface area contributed by atoms with Crippen LogP contribution in [0.5, 0.6) is 0 Å². The number of fused-ring (bicyclic) bond motifs is 3. The number of imide groups is 1. The number of amides is 2. The summed E-state index contributed by atoms with van der Waals surface area (Å²) in [6, 6.07) is 6.88. The molecular weight excluding hydrogens is 294 g/mol. The number of carbonyl (C=O) groups is 3. The van der Waals surface area contributed by atoms with Crippen molar-refractivity contribution in [3.63, 3.8) is 0 Å². The van der Waals surface area contributed by atoms with E-state index in [-0.39, 0.29) is 11.8 Å². The zero-order chi connectivity index (χ0) is 16.7. The number of hydrogen-bond acceptors (Lipinski definition) is 4. The summed E-state index contributed by atoms with van der Waals surface area (Å²) in [7, 11) is 1.32. The van der Waals surface area contributed by atoms with E-state index in [0.717, 1.165) is 10.9 Å². The summed E-state index contributed by atoms with van der Waals surface area (Å²) in [4.78, 5) is 36.0. The molecule has 5 nitrogen and oxygen atoms in total. The summed E-state index contributed by atoms with van der Waals surface area (Å²) in [5.74, 6) is -0.826. The fraction of sp³-hybridized carbons (Fsp3) is 0.278. The second-order valence-corrected chi connectivity index (χ2v) is 6.09. The lowest BCUT2D eigenvalue weighted by Crippen LogP contribution is -2.20. The molecule has 0 radical (unpaired) electrons. The number of carbonyl (C=O) groups excluding carboxylic acids is 3. The van der Waals surface area contributed by atoms with Gasteiger partial charge < -0.3 is 4.74 Å². The first-order chi connectivity index (χ1) is 10.9. The van der Waals surface area contributed by atoms with Crippen LogP contribution < -0.4 is 5.32 Å². The molecule has 1 N–H and O–H groups in total. The molecule has 1 aliphatic heterocycles. The minimum Gasteiger partial charge on any atom is -0.465 e. The Hall–Kier alpha value is -2.69. The summed E-state index contributed by atoms with van der Waals surface area (Å²) >= 11 is 0. The normalized spacial score (nSPS) is 13.4. The van der Waals surface area contributed by atoms with Crippen molar-refractivity contribution in [1.29, 1.82) is 0 Å². The number of rotatable bonds is 3. The molecule has 118 valence electrons. The highest BCUT2D eigenvalue weighted by molar-refractivity contribution is 6.27. The van der Waals surface area contributed by atoms with Gasteiger partial charge in [0.1, 0.15) is 0 Å². The van der Waals surface area contributed by atoms with Gasteiger partial charge >= 0.3 is 5.97 Å². The monoisotopic (exact) mass is 311 g/mol. The van der Waals surface area contributed by atoms with Crippen LogP contribution in [0.4, 0.5) is 0 Å². The van der Waals surface area contributed by atoms with Gasteiger partial charge in [-0.25, -0.2) is 4.79 Å². The fourth-order valence-corrected chi connectivity index (χ4v) is 3.03. The van der Waals surface area contributed by atoms with Gasteiger partial charge in [-0.15, -0.1) is 0 Å². The predicted molar refractivity (Wildman–Crippen MR) is 85.6 cm³/mol. The molecule has 0 aromatic heterocycles. The van der Waals surface area contributed by atoms with E-state index >= 15 is 0 Å². The SMILES string of the molecule is COC(=O)c1ccc2c3c(c(CC(C)C)cc2c1)C(=O)NC3=O. The Labute approximate surface area is 133 Å². The summed E-state index contributed by atoms with van der Waals surface area (Å²) in [5, 5.41) is 3.79. The molecule has 2 aromatic carbocycles. The second-order valence-electron chi connectivity index (χ2n) is 6.09. The van der Waals surface area contributed by atoms with E-state index in [1.165, 1.54) is 7.11 Å². The molecule has 1 aliphatic rings. The van der Waals surface area contributed by atoms with Crippen LogP contribution in [-0.4, -0.2) is 24.9 Å². The van der Waals surface area contributed by atoms with Gasteiger partial charge in [0.2, 0.25) is 0 Å². The summed E-state index contributed by atoms with van der Waals surface area (Å²) in [6.45, 7) is 4.10. The van der Waals surface area contributed by atoms with Crippen LogP contribution in [0.3, 0.4) is 0 Å². The highest BCUT2D eigenvalue weighted by Crippen LogP contribution is 2.31. The Morgan fingerprint density at radius 3 is 2.48 bits per heavy atom. The zero-order valence-electron chi connectivity index (χ0n) is 13.2. The van der Waals surface area contributed by atoms with Crippen LogP contribution in [0, 0.1) is 5.92 Å². The number of methoxy groups -OCH3 is 1. The molecule has 0 saturated carbocycles. The van der Waals surface area contributed by atoms with Crippen LogP contribution in [0.25, 0.3) is 10.8 Å². The quantitative estimate of drug-likeness (QED) is 0.699. The van der Waals surface area contributed by atoms with E-state index < -0.39 is 5.97 Å². The molecule has 5 heteroatoms. The minimum atomic E-state index is -0.432. The van der Waals surface area contributed by atoms with Gasteiger partial charge in [0, 0.05) is 0 Å². The first-order valence-corrected chi connectivity index (χ1v) is 7.46. The molecule has 0 unspecified atom stereocenters. The molecule has 0 fully saturated rings. The third kappa shape index (κ3) is 2.48. The molecule has 23 heavy (non-hydrogen) atoms. The van der Waals surface area contributed by atoms with Crippen molar-refractivity contribution in [1.82, 2.24) is 5.32 Å². The standard InChI is InChI=1S/C18H17NO4/c1-9(2)6-12-8-11-7-10(18(22)23-3)4-5-13(11)15-14(12)16(20)19-17(15)21/h4-5,7-9H,6H2,1-3H3,(H,19,20,21). The molecule has 0 aliphatic carbocycles. The Bertz CT molecular complexity index is 852. The molecule has 0 saturated heterocycles. The van der Waals surface area contributed by atoms with Crippen molar-refractivity contribution in [3.05, 3.63) is 46.5 Å². The lowest BCUT2D eigenvalue weighted by Gasteiger charge is -2.12. The lowest BCUT2D eigenvalue weighted by molar-refractivity contribution is 0.0600. The molecule has 1 heterocycles. The van der Waals surface area contributed by atoms with Crippen LogP contribution >= 0.6 is 0 Å². The highest BCUT2D eigenvalue weighted by Gasteiger charge is 2.32. The van der Waals surface area contributed by atoms with Crippen LogP contribution in [0.1, 0.15) is 50.5 Å². The molecule has 0 spiro atoms. The minimum absolute atomic E-state index is 0.337. The van der Waals surface area contributed by atoms with Gasteiger partial charge in [0.15, 0.2) is 0 Å². The van der Waals surface area contributed by atoms with E-state index in [9.17, 15) is 14.4 Å². The molecule has 2 amide bonds. The van der Waals surface area contributed by atoms with E-state index in [0.29, 0.717) is 34.4 Å². The lowest BCUT2D eigenvalue weighted by atomic mass is 9.90. The van der Waals surface area contributed by atoms with E-state index in [1.54, 1.807) is 18.2 Å². The largest absolute Gasteiger partial charge is 0.465 e. The van der Waals surface area contributed by atoms with E-state index in [2.05, 4.69) is 19.2 Å². The van der Waals surface area contributed by atoms with Gasteiger partial charge in [0.25, 0.3) is 11.8 Å². The van der Waals surface area contributed by atoms with Crippen molar-refractivity contribution in [2.45, 2.75) is 20.3 Å². The van der Waals surface area contributed by atoms with Crippen molar-refractivity contribution in [2.75, 3.05) is 7.11 Å². The Kier molecular flexibility index (Phi) is 3.64. The van der Waals surface area contributed by atoms with Gasteiger partial charge in [-0.2, -0.15) is 0 Å². The third-order valence-corrected chi connectivity index (χ3v) is 3.95. The van der Waals surface area contributed by atoms with E-state index in [1.807, 2.05) is 6.07 Å². The second kappa shape index (κ2) is 5.50. The maximum Gasteiger partial charge on any atom is 0.337 e. The predicted octanol–water partition coefficient (Wildman–Crippen LogP) is 2.71. The molecule has 0 atom stereocenters. The molecule has 3 rings (SSSR count). The van der Waals surface area contributed by atoms with Gasteiger partial charge in [-0.05, 0) is 40.8 Å². The summed E-state index contributed by atoms with van der Waals surface area (Å²) < 4.78 is 4.74. The maximum absolute atomic E-state index is 12.2. The Morgan fingerprint density at radius 1 is 1.13 bits per heavy atom. The van der Waals surface area contributed by atoms with Crippen molar-refractivity contribution < 1.29 is 19.1 Å². The van der Waals surface area contributed by atoms with Crippen molar-refractivity contribution >= 4 is 28.6 Å². The first-order valence-electron chi connectivity index (χ1n) is 7.46. The van der Waals surface area contributed by atoms with Gasteiger partial charge in [0.05, 0.1) is 23.8 Å². The number of nitrogens with one attached hydrogen (secondary N) is 1. The number of ether oxygens (including phenoxy) is 1. The highest BCUT2D eigenvalue weighted by atomic mass is 16.5. The molecule has 0 bridgehead atoms. The summed E-state index contributed by atoms with van der Waals surface area (Å²) in [6.07, 6.45) is 0.682. The van der Waals surface area contributed by atoms with Crippen LogP contribution in [0.15, 0.2) is 24.3 Å². The van der Waals surface area contributed by atoms with Crippen molar-refractivity contribution in [2.24, 2.45) is 5.92 Å².